The van der Waals surface area contributed by atoms with Crippen LogP contribution in [0.2, 0.25) is 0 Å². The number of rotatable bonds is 12. The number of carbonyl (C=O) groups excluding carboxylic acids is 2. The first-order chi connectivity index (χ1) is 16.1. The molecule has 0 saturated carbocycles. The first-order valence-corrected chi connectivity index (χ1v) is 13.0. The zero-order valence-corrected chi connectivity index (χ0v) is 22.1. The topological polar surface area (TPSA) is 88.1 Å². The molecule has 0 fully saturated rings. The molecule has 34 heavy (non-hydrogen) atoms. The molecule has 0 amide bonds. The molecule has 8 heteroatoms. The summed E-state index contributed by atoms with van der Waals surface area (Å²) in [6, 6.07) is 9.64. The summed E-state index contributed by atoms with van der Waals surface area (Å²) in [6.45, 7) is 7.71. The first-order valence-electron chi connectivity index (χ1n) is 11.2. The molecule has 186 valence electrons. The number of hydrogen-bond acceptors (Lipinski definition) is 7. The summed E-state index contributed by atoms with van der Waals surface area (Å²) in [5.74, 6) is 0.861. The van der Waals surface area contributed by atoms with Gasteiger partial charge in [0.2, 0.25) is 18.2 Å². The lowest BCUT2D eigenvalue weighted by atomic mass is 9.96. The van der Waals surface area contributed by atoms with E-state index in [0.717, 1.165) is 0 Å². The summed E-state index contributed by atoms with van der Waals surface area (Å²) in [4.78, 5) is 28.3. The van der Waals surface area contributed by atoms with Crippen molar-refractivity contribution in [2.45, 2.75) is 39.8 Å². The van der Waals surface area contributed by atoms with E-state index in [0.29, 0.717) is 6.42 Å². The Morgan fingerprint density at radius 1 is 0.706 bits per heavy atom. The summed E-state index contributed by atoms with van der Waals surface area (Å²) in [6.07, 6.45) is 0.692. The minimum atomic E-state index is -4.31. The van der Waals surface area contributed by atoms with Crippen LogP contribution in [0, 0.1) is 11.8 Å². The predicted molar refractivity (Wildman–Crippen MR) is 133 cm³/mol. The van der Waals surface area contributed by atoms with Gasteiger partial charge in [0.25, 0.3) is 0 Å². The van der Waals surface area contributed by atoms with Gasteiger partial charge in [0.15, 0.2) is 0 Å². The van der Waals surface area contributed by atoms with Crippen LogP contribution in [-0.4, -0.2) is 45.1 Å². The van der Waals surface area contributed by atoms with Gasteiger partial charge in [-0.3, -0.25) is 9.59 Å². The van der Waals surface area contributed by atoms with Gasteiger partial charge in [-0.15, -0.1) is 0 Å². The second-order valence-corrected chi connectivity index (χ2v) is 11.6. The zero-order chi connectivity index (χ0) is 25.6. The summed E-state index contributed by atoms with van der Waals surface area (Å²) in [7, 11) is 1.33. The van der Waals surface area contributed by atoms with Gasteiger partial charge < -0.3 is 23.5 Å². The van der Waals surface area contributed by atoms with Crippen molar-refractivity contribution >= 4 is 18.2 Å². The van der Waals surface area contributed by atoms with E-state index in [1.807, 2.05) is 20.8 Å². The quantitative estimate of drug-likeness (QED) is 0.330. The largest absolute Gasteiger partial charge is 0.496 e. The lowest BCUT2D eigenvalue weighted by Gasteiger charge is -2.30. The second kappa shape index (κ2) is 11.6. The third-order valence-corrected chi connectivity index (χ3v) is 9.44. The van der Waals surface area contributed by atoms with E-state index in [9.17, 15) is 14.2 Å². The van der Waals surface area contributed by atoms with Gasteiger partial charge in [-0.05, 0) is 42.5 Å². The van der Waals surface area contributed by atoms with Gasteiger partial charge in [-0.1, -0.05) is 39.8 Å². The summed E-state index contributed by atoms with van der Waals surface area (Å²) >= 11 is 0. The standard InChI is InChI=1S/C26H35O7P/c1-16(2)15-17(3)18(4)34(29,25(27)23-19(30-5)11-9-12-20(23)31-6)26(28)24-21(32-7)13-10-14-22(24)33-8/h9-14,16-18H,15H2,1-8H3. The highest BCUT2D eigenvalue weighted by molar-refractivity contribution is 7.96. The Morgan fingerprint density at radius 3 is 1.29 bits per heavy atom. The van der Waals surface area contributed by atoms with Gasteiger partial charge in [-0.2, -0.15) is 0 Å². The van der Waals surface area contributed by atoms with Crippen LogP contribution in [0.4, 0.5) is 0 Å². The van der Waals surface area contributed by atoms with Crippen LogP contribution < -0.4 is 18.9 Å². The SMILES string of the molecule is COc1cccc(OC)c1C(=O)P(=O)(C(=O)c1c(OC)cccc1OC)C(C)C(C)CC(C)C. The molecule has 2 aromatic carbocycles. The number of hydrogen-bond donors (Lipinski definition) is 0. The van der Waals surface area contributed by atoms with E-state index in [-0.39, 0.29) is 46.0 Å². The first kappa shape index (κ1) is 27.5. The fourth-order valence-electron chi connectivity index (χ4n) is 4.22. The molecule has 0 aliphatic rings. The maximum Gasteiger partial charge on any atom is 0.236 e. The van der Waals surface area contributed by atoms with Crippen molar-refractivity contribution in [2.75, 3.05) is 28.4 Å². The van der Waals surface area contributed by atoms with E-state index < -0.39 is 23.8 Å². The molecule has 2 unspecified atom stereocenters. The molecule has 0 heterocycles. The van der Waals surface area contributed by atoms with Crippen LogP contribution in [-0.2, 0) is 4.57 Å². The number of benzene rings is 2. The minimum absolute atomic E-state index is 0.0124. The molecule has 0 aliphatic carbocycles. The monoisotopic (exact) mass is 490 g/mol. The van der Waals surface area contributed by atoms with E-state index >= 15 is 0 Å². The molecular formula is C26H35O7P. The average Bonchev–Trinajstić information content (AvgIpc) is 2.84. The molecule has 7 nitrogen and oxygen atoms in total. The van der Waals surface area contributed by atoms with Gasteiger partial charge in [0, 0.05) is 5.66 Å². The van der Waals surface area contributed by atoms with Crippen molar-refractivity contribution in [3.63, 3.8) is 0 Å². The Labute approximate surface area is 202 Å². The van der Waals surface area contributed by atoms with Gasteiger partial charge in [0.05, 0.1) is 28.4 Å². The van der Waals surface area contributed by atoms with Crippen molar-refractivity contribution < 1.29 is 33.1 Å². The molecule has 2 aromatic rings. The number of carbonyl (C=O) groups is 2. The summed E-state index contributed by atoms with van der Waals surface area (Å²) < 4.78 is 36.5. The molecule has 0 aliphatic heterocycles. The Bertz CT molecular complexity index is 961. The van der Waals surface area contributed by atoms with E-state index in [4.69, 9.17) is 18.9 Å². The minimum Gasteiger partial charge on any atom is -0.496 e. The molecule has 0 radical (unpaired) electrons. The van der Waals surface area contributed by atoms with E-state index in [2.05, 4.69) is 0 Å². The van der Waals surface area contributed by atoms with Crippen LogP contribution in [0.15, 0.2) is 36.4 Å². The lowest BCUT2D eigenvalue weighted by molar-refractivity contribution is 0.102. The average molecular weight is 491 g/mol. The van der Waals surface area contributed by atoms with Crippen molar-refractivity contribution in [3.8, 4) is 23.0 Å². The van der Waals surface area contributed by atoms with Crippen molar-refractivity contribution in [1.82, 2.24) is 0 Å². The van der Waals surface area contributed by atoms with Crippen molar-refractivity contribution in [1.29, 1.82) is 0 Å². The molecule has 2 atom stereocenters. The van der Waals surface area contributed by atoms with Crippen LogP contribution in [0.5, 0.6) is 23.0 Å². The Hall–Kier alpha value is -2.79. The second-order valence-electron chi connectivity index (χ2n) is 8.69. The van der Waals surface area contributed by atoms with Crippen LogP contribution in [0.1, 0.15) is 54.8 Å². The fraction of sp³-hybridized carbons (Fsp3) is 0.462. The van der Waals surface area contributed by atoms with Gasteiger partial charge in [0.1, 0.15) is 34.1 Å². The van der Waals surface area contributed by atoms with Crippen LogP contribution in [0.25, 0.3) is 0 Å². The smallest absolute Gasteiger partial charge is 0.236 e. The van der Waals surface area contributed by atoms with E-state index in [1.54, 1.807) is 43.3 Å². The lowest BCUT2D eigenvalue weighted by Crippen LogP contribution is -2.26. The van der Waals surface area contributed by atoms with Crippen LogP contribution >= 0.6 is 7.14 Å². The van der Waals surface area contributed by atoms with Crippen molar-refractivity contribution in [2.24, 2.45) is 11.8 Å². The molecular weight excluding hydrogens is 455 g/mol. The van der Waals surface area contributed by atoms with Gasteiger partial charge in [-0.25, -0.2) is 0 Å². The maximum absolute atomic E-state index is 14.9. The third kappa shape index (κ3) is 5.15. The molecule has 0 spiro atoms. The molecule has 2 rings (SSSR count). The highest BCUT2D eigenvalue weighted by atomic mass is 31.2. The molecule has 0 N–H and O–H groups in total. The summed E-state index contributed by atoms with van der Waals surface area (Å²) in [5, 5.41) is 0. The number of ether oxygens (including phenoxy) is 4. The zero-order valence-electron chi connectivity index (χ0n) is 21.2. The molecule has 0 bridgehead atoms. The van der Waals surface area contributed by atoms with Gasteiger partial charge >= 0.3 is 0 Å². The van der Waals surface area contributed by atoms with Crippen molar-refractivity contribution in [3.05, 3.63) is 47.5 Å². The van der Waals surface area contributed by atoms with E-state index in [1.165, 1.54) is 28.4 Å². The Morgan fingerprint density at radius 2 is 1.03 bits per heavy atom. The Balaban J connectivity index is 2.85. The highest BCUT2D eigenvalue weighted by Crippen LogP contribution is 2.62. The molecule has 0 saturated heterocycles. The number of methoxy groups -OCH3 is 4. The predicted octanol–water partition coefficient (Wildman–Crippen LogP) is 6.14. The third-order valence-electron chi connectivity index (χ3n) is 6.13. The summed E-state index contributed by atoms with van der Waals surface area (Å²) in [5.41, 5.74) is -2.38. The van der Waals surface area contributed by atoms with Crippen LogP contribution in [0.3, 0.4) is 0 Å². The molecule has 0 aromatic heterocycles. The Kier molecular flexibility index (Phi) is 9.34. The maximum atomic E-state index is 14.9. The normalized spacial score (nSPS) is 13.2. The highest BCUT2D eigenvalue weighted by Gasteiger charge is 2.50. The fourth-order valence-corrected chi connectivity index (χ4v) is 7.09.